The molecule has 0 rings (SSSR count). The van der Waals surface area contributed by atoms with Gasteiger partial charge in [0.05, 0.1) is 0 Å². The molecule has 2 unspecified atom stereocenters. The fourth-order valence-electron chi connectivity index (χ4n) is 4.56. The van der Waals surface area contributed by atoms with Gasteiger partial charge in [0, 0.05) is 64.2 Å². The van der Waals surface area contributed by atoms with Crippen molar-refractivity contribution in [1.82, 2.24) is 4.90 Å². The number of hydrogen-bond donors (Lipinski definition) is 0. The van der Waals surface area contributed by atoms with Crippen molar-refractivity contribution in [2.24, 2.45) is 11.8 Å². The van der Waals surface area contributed by atoms with Crippen LogP contribution in [0.4, 0.5) is 0 Å². The molecule has 0 aromatic heterocycles. The van der Waals surface area contributed by atoms with Crippen LogP contribution in [0.5, 0.6) is 0 Å². The van der Waals surface area contributed by atoms with Crippen molar-refractivity contribution in [3.63, 3.8) is 0 Å². The molecule has 0 N–H and O–H groups in total. The summed E-state index contributed by atoms with van der Waals surface area (Å²) in [7, 11) is -4.34. The highest BCUT2D eigenvalue weighted by atomic mass is 28.4. The Kier molecular flexibility index (Phi) is 18.5. The third-order valence-electron chi connectivity index (χ3n) is 6.52. The Morgan fingerprint density at radius 1 is 0.657 bits per heavy atom. The molecule has 0 spiro atoms. The molecule has 0 saturated heterocycles. The van der Waals surface area contributed by atoms with Gasteiger partial charge in [-0.15, -0.1) is 0 Å². The number of carbonyl (C=O) groups is 2. The summed E-state index contributed by atoms with van der Waals surface area (Å²) in [5.41, 5.74) is 0. The fourth-order valence-corrected chi connectivity index (χ4v) is 9.39. The molecule has 7 nitrogen and oxygen atoms in total. The second-order valence-electron chi connectivity index (χ2n) is 9.79. The lowest BCUT2D eigenvalue weighted by atomic mass is 9.99. The van der Waals surface area contributed by atoms with Crippen LogP contribution in [0.2, 0.25) is 25.2 Å². The van der Waals surface area contributed by atoms with E-state index < -0.39 is 17.1 Å². The van der Waals surface area contributed by atoms with Gasteiger partial charge in [0.15, 0.2) is 0 Å². The second-order valence-corrected chi connectivity index (χ2v) is 16.5. The molecule has 0 aromatic rings. The molecule has 0 bridgehead atoms. The molecule has 9 heteroatoms. The van der Waals surface area contributed by atoms with Gasteiger partial charge in [-0.2, -0.15) is 0 Å². The van der Waals surface area contributed by atoms with Crippen molar-refractivity contribution in [1.29, 1.82) is 0 Å². The summed E-state index contributed by atoms with van der Waals surface area (Å²) in [4.78, 5) is 27.8. The van der Waals surface area contributed by atoms with Crippen LogP contribution >= 0.6 is 0 Å². The first kappa shape index (κ1) is 34.6. The number of ketones is 2. The average Bonchev–Trinajstić information content (AvgIpc) is 2.78. The van der Waals surface area contributed by atoms with Gasteiger partial charge in [0.25, 0.3) is 0 Å². The van der Waals surface area contributed by atoms with E-state index >= 15 is 0 Å². The largest absolute Gasteiger partial charge is 0.395 e. The van der Waals surface area contributed by atoms with Gasteiger partial charge in [0.2, 0.25) is 0 Å². The first-order valence-electron chi connectivity index (χ1n) is 13.8. The Morgan fingerprint density at radius 2 is 0.971 bits per heavy atom. The van der Waals surface area contributed by atoms with Crippen LogP contribution in [0.3, 0.4) is 0 Å². The van der Waals surface area contributed by atoms with Crippen molar-refractivity contribution in [3.05, 3.63) is 0 Å². The van der Waals surface area contributed by atoms with E-state index in [0.29, 0.717) is 52.4 Å². The van der Waals surface area contributed by atoms with Gasteiger partial charge in [-0.25, -0.2) is 0 Å². The summed E-state index contributed by atoms with van der Waals surface area (Å²) in [5, 5.41) is 0. The van der Waals surface area contributed by atoms with E-state index in [1.54, 1.807) is 0 Å². The average molecular weight is 534 g/mol. The van der Waals surface area contributed by atoms with Crippen molar-refractivity contribution in [2.75, 3.05) is 46.1 Å². The molecule has 0 aromatic carbocycles. The van der Waals surface area contributed by atoms with Crippen LogP contribution in [-0.4, -0.2) is 79.7 Å². The first-order chi connectivity index (χ1) is 16.5. The van der Waals surface area contributed by atoms with Crippen LogP contribution in [0.15, 0.2) is 0 Å². The molecule has 0 fully saturated rings. The van der Waals surface area contributed by atoms with E-state index in [9.17, 15) is 9.59 Å². The lowest BCUT2D eigenvalue weighted by Crippen LogP contribution is -2.39. The maximum Gasteiger partial charge on any atom is 0.334 e. The maximum atomic E-state index is 12.8. The molecular formula is C26H55NO6Si2. The lowest BCUT2D eigenvalue weighted by molar-refractivity contribution is -0.123. The molecular weight excluding hydrogens is 478 g/mol. The van der Waals surface area contributed by atoms with Crippen molar-refractivity contribution in [2.45, 2.75) is 99.3 Å². The molecule has 208 valence electrons. The predicted molar refractivity (Wildman–Crippen MR) is 148 cm³/mol. The number of rotatable bonds is 23. The fraction of sp³-hybridized carbons (Fsp3) is 0.923. The molecule has 0 amide bonds. The van der Waals surface area contributed by atoms with E-state index in [2.05, 4.69) is 24.9 Å². The van der Waals surface area contributed by atoms with Gasteiger partial charge in [-0.1, -0.05) is 20.8 Å². The molecule has 35 heavy (non-hydrogen) atoms. The molecule has 0 aliphatic heterocycles. The summed E-state index contributed by atoms with van der Waals surface area (Å²) in [6.07, 6.45) is 2.72. The van der Waals surface area contributed by atoms with Crippen molar-refractivity contribution < 1.29 is 27.3 Å². The van der Waals surface area contributed by atoms with Gasteiger partial charge in [-0.3, -0.25) is 9.59 Å². The summed E-state index contributed by atoms with van der Waals surface area (Å²) >= 11 is 0. The number of nitrogens with zero attached hydrogens (tertiary/aromatic N) is 1. The van der Waals surface area contributed by atoms with E-state index in [4.69, 9.17) is 17.7 Å². The van der Waals surface area contributed by atoms with Crippen LogP contribution in [-0.2, 0) is 27.3 Å². The van der Waals surface area contributed by atoms with Gasteiger partial charge in [-0.05, 0) is 72.3 Å². The minimum Gasteiger partial charge on any atom is -0.395 e. The van der Waals surface area contributed by atoms with Crippen molar-refractivity contribution in [3.8, 4) is 0 Å². The molecule has 0 heterocycles. The second kappa shape index (κ2) is 18.8. The Balaban J connectivity index is 4.56. The first-order valence-corrected chi connectivity index (χ1v) is 18.9. The quantitative estimate of drug-likeness (QED) is 0.159. The third kappa shape index (κ3) is 14.8. The Bertz CT molecular complexity index is 532. The zero-order chi connectivity index (χ0) is 26.9. The highest BCUT2D eigenvalue weighted by Crippen LogP contribution is 2.20. The van der Waals surface area contributed by atoms with E-state index in [-0.39, 0.29) is 23.4 Å². The topological polar surface area (TPSA) is 74.3 Å². The maximum absolute atomic E-state index is 12.8. The van der Waals surface area contributed by atoms with Crippen molar-refractivity contribution >= 4 is 28.7 Å². The number of Topliss-reactive ketones (excluding diaryl/α,β-unsaturated/α-hetero) is 2. The summed E-state index contributed by atoms with van der Waals surface area (Å²) in [5.74, 6) is 0.465. The minimum absolute atomic E-state index is 0.0477. The molecule has 0 aliphatic rings. The molecule has 0 radical (unpaired) electrons. The normalized spacial score (nSPS) is 14.3. The Hall–Kier alpha value is -0.426. The summed E-state index contributed by atoms with van der Waals surface area (Å²) in [6, 6.07) is 1.68. The monoisotopic (exact) mass is 533 g/mol. The van der Waals surface area contributed by atoms with Crippen LogP contribution in [0.25, 0.3) is 0 Å². The highest BCUT2D eigenvalue weighted by Gasteiger charge is 2.32. The molecule has 2 atom stereocenters. The number of carbonyl (C=O) groups excluding carboxylic acids is 2. The van der Waals surface area contributed by atoms with E-state index in [1.807, 2.05) is 41.5 Å². The third-order valence-corrected chi connectivity index (χ3v) is 12.6. The van der Waals surface area contributed by atoms with Crippen LogP contribution in [0, 0.1) is 11.8 Å². The smallest absolute Gasteiger partial charge is 0.334 e. The predicted octanol–water partition coefficient (Wildman–Crippen LogP) is 5.57. The van der Waals surface area contributed by atoms with Gasteiger partial charge < -0.3 is 22.6 Å². The zero-order valence-electron chi connectivity index (χ0n) is 24.2. The SMILES string of the molecule is CCO[Si](C)(CCCC(=O)C(C)CN(CC)CC(C)C(=O)CCC[Si](C)(OCC)OCC)OCC. The molecule has 0 saturated carbocycles. The van der Waals surface area contributed by atoms with Gasteiger partial charge >= 0.3 is 17.1 Å². The van der Waals surface area contributed by atoms with Crippen LogP contribution in [0.1, 0.15) is 74.1 Å². The van der Waals surface area contributed by atoms with Crippen LogP contribution < -0.4 is 0 Å². The highest BCUT2D eigenvalue weighted by molar-refractivity contribution is 6.66. The number of hydrogen-bond acceptors (Lipinski definition) is 7. The summed E-state index contributed by atoms with van der Waals surface area (Å²) < 4.78 is 23.5. The standard InChI is InChI=1S/C26H55NO6Si2/c1-10-27(21-23(6)25(28)17-15-19-34(8,30-11-2)31-12-3)22-24(7)26(29)18-16-20-35(9,32-13-4)33-14-5/h23-24H,10-22H2,1-9H3. The van der Waals surface area contributed by atoms with E-state index in [1.165, 1.54) is 0 Å². The lowest BCUT2D eigenvalue weighted by Gasteiger charge is -2.28. The van der Waals surface area contributed by atoms with Gasteiger partial charge in [0.1, 0.15) is 11.6 Å². The summed E-state index contributed by atoms with van der Waals surface area (Å²) in [6.45, 7) is 23.0. The Labute approximate surface area is 218 Å². The molecule has 0 aliphatic carbocycles. The Morgan fingerprint density at radius 3 is 1.23 bits per heavy atom. The van der Waals surface area contributed by atoms with E-state index in [0.717, 1.165) is 31.5 Å². The minimum atomic E-state index is -2.17. The zero-order valence-corrected chi connectivity index (χ0v) is 26.2.